The minimum Gasteiger partial charge on any atom is -0.369 e. The molecule has 0 saturated carbocycles. The lowest BCUT2D eigenvalue weighted by atomic mass is 9.97. The largest absolute Gasteiger partial charge is 0.369 e. The monoisotopic (exact) mass is 303 g/mol. The first-order valence-electron chi connectivity index (χ1n) is 7.89. The molecule has 1 fully saturated rings. The fourth-order valence-electron chi connectivity index (χ4n) is 2.92. The number of hydrogen-bond donors (Lipinski definition) is 2. The van der Waals surface area contributed by atoms with Gasteiger partial charge in [-0.05, 0) is 43.9 Å². The summed E-state index contributed by atoms with van der Waals surface area (Å²) in [6, 6.07) is 8.20. The SMILES string of the molecule is Cc1ccccc1CCNC(=O)CN1CCC[C@@H](C(N)=O)C1. The molecule has 1 atom stereocenters. The van der Waals surface area contributed by atoms with Crippen LogP contribution in [0.25, 0.3) is 0 Å². The molecule has 120 valence electrons. The molecule has 1 aromatic rings. The molecule has 0 radical (unpaired) electrons. The molecule has 2 amide bonds. The highest BCUT2D eigenvalue weighted by Gasteiger charge is 2.24. The van der Waals surface area contributed by atoms with Crippen molar-refractivity contribution in [3.05, 3.63) is 35.4 Å². The summed E-state index contributed by atoms with van der Waals surface area (Å²) in [7, 11) is 0. The van der Waals surface area contributed by atoms with Crippen LogP contribution in [0.1, 0.15) is 24.0 Å². The summed E-state index contributed by atoms with van der Waals surface area (Å²) in [4.78, 5) is 25.3. The molecule has 5 heteroatoms. The van der Waals surface area contributed by atoms with Crippen molar-refractivity contribution < 1.29 is 9.59 Å². The van der Waals surface area contributed by atoms with E-state index >= 15 is 0 Å². The molecule has 22 heavy (non-hydrogen) atoms. The molecule has 0 spiro atoms. The molecule has 3 N–H and O–H groups in total. The zero-order valence-electron chi connectivity index (χ0n) is 13.2. The first kappa shape index (κ1) is 16.5. The number of likely N-dealkylation sites (tertiary alicyclic amines) is 1. The van der Waals surface area contributed by atoms with Crippen molar-refractivity contribution >= 4 is 11.8 Å². The lowest BCUT2D eigenvalue weighted by Gasteiger charge is -2.30. The van der Waals surface area contributed by atoms with Crippen molar-refractivity contribution in [2.24, 2.45) is 11.7 Å². The maximum absolute atomic E-state index is 12.0. The molecule has 0 aliphatic carbocycles. The van der Waals surface area contributed by atoms with E-state index < -0.39 is 0 Å². The minimum absolute atomic E-state index is 0.0127. The Morgan fingerprint density at radius 1 is 1.36 bits per heavy atom. The van der Waals surface area contributed by atoms with E-state index in [9.17, 15) is 9.59 Å². The maximum atomic E-state index is 12.0. The number of carbonyl (C=O) groups is 2. The molecule has 0 unspecified atom stereocenters. The van der Waals surface area contributed by atoms with Crippen molar-refractivity contribution in [3.63, 3.8) is 0 Å². The highest BCUT2D eigenvalue weighted by Crippen LogP contribution is 2.15. The van der Waals surface area contributed by atoms with Crippen LogP contribution in [-0.2, 0) is 16.0 Å². The topological polar surface area (TPSA) is 75.4 Å². The van der Waals surface area contributed by atoms with Crippen LogP contribution in [0.5, 0.6) is 0 Å². The number of piperidine rings is 1. The average molecular weight is 303 g/mol. The molecule has 1 saturated heterocycles. The van der Waals surface area contributed by atoms with Crippen LogP contribution in [0.15, 0.2) is 24.3 Å². The molecular weight excluding hydrogens is 278 g/mol. The van der Waals surface area contributed by atoms with Crippen molar-refractivity contribution in [3.8, 4) is 0 Å². The van der Waals surface area contributed by atoms with Gasteiger partial charge in [0, 0.05) is 13.1 Å². The second-order valence-corrected chi connectivity index (χ2v) is 6.00. The predicted octanol–water partition coefficient (Wildman–Crippen LogP) is 0.851. The van der Waals surface area contributed by atoms with E-state index in [1.807, 2.05) is 17.0 Å². The van der Waals surface area contributed by atoms with E-state index in [1.54, 1.807) is 0 Å². The van der Waals surface area contributed by atoms with Gasteiger partial charge in [-0.25, -0.2) is 0 Å². The fraction of sp³-hybridized carbons (Fsp3) is 0.529. The lowest BCUT2D eigenvalue weighted by Crippen LogP contribution is -2.45. The standard InChI is InChI=1S/C17H25N3O2/c1-13-5-2-3-6-14(13)8-9-19-16(21)12-20-10-4-7-15(11-20)17(18)22/h2-3,5-6,15H,4,7-12H2,1H3,(H2,18,22)(H,19,21)/t15-/m1/s1. The van der Waals surface area contributed by atoms with E-state index in [2.05, 4.69) is 24.4 Å². The van der Waals surface area contributed by atoms with E-state index in [0.717, 1.165) is 25.8 Å². The van der Waals surface area contributed by atoms with E-state index in [4.69, 9.17) is 5.73 Å². The van der Waals surface area contributed by atoms with Crippen LogP contribution < -0.4 is 11.1 Å². The number of nitrogens with two attached hydrogens (primary N) is 1. The summed E-state index contributed by atoms with van der Waals surface area (Å²) < 4.78 is 0. The quantitative estimate of drug-likeness (QED) is 0.818. The normalized spacial score (nSPS) is 18.9. The van der Waals surface area contributed by atoms with E-state index in [-0.39, 0.29) is 17.7 Å². The van der Waals surface area contributed by atoms with E-state index in [0.29, 0.717) is 19.6 Å². The molecule has 0 aromatic heterocycles. The number of amides is 2. The molecule has 1 heterocycles. The van der Waals surface area contributed by atoms with Crippen molar-refractivity contribution in [1.29, 1.82) is 0 Å². The number of carbonyl (C=O) groups excluding carboxylic acids is 2. The van der Waals surface area contributed by atoms with Gasteiger partial charge in [0.1, 0.15) is 0 Å². The van der Waals surface area contributed by atoms with Gasteiger partial charge >= 0.3 is 0 Å². The van der Waals surface area contributed by atoms with Crippen LogP contribution in [0.4, 0.5) is 0 Å². The Kier molecular flexibility index (Phi) is 5.95. The Labute approximate surface area is 131 Å². The van der Waals surface area contributed by atoms with Crippen LogP contribution in [-0.4, -0.2) is 42.9 Å². The second kappa shape index (κ2) is 7.94. The summed E-state index contributed by atoms with van der Waals surface area (Å²) in [5, 5.41) is 2.95. The molecular formula is C17H25N3O2. The number of nitrogens with zero attached hydrogens (tertiary/aromatic N) is 1. The summed E-state index contributed by atoms with van der Waals surface area (Å²) in [6.07, 6.45) is 2.59. The van der Waals surface area contributed by atoms with Crippen molar-refractivity contribution in [2.45, 2.75) is 26.2 Å². The zero-order valence-corrected chi connectivity index (χ0v) is 13.2. The number of rotatable bonds is 6. The molecule has 1 aliphatic rings. The van der Waals surface area contributed by atoms with Gasteiger partial charge in [-0.2, -0.15) is 0 Å². The van der Waals surface area contributed by atoms with Gasteiger partial charge in [0.05, 0.1) is 12.5 Å². The van der Waals surface area contributed by atoms with Gasteiger partial charge in [-0.15, -0.1) is 0 Å². The predicted molar refractivity (Wildman–Crippen MR) is 86.3 cm³/mol. The van der Waals surface area contributed by atoms with Crippen LogP contribution >= 0.6 is 0 Å². The van der Waals surface area contributed by atoms with Crippen molar-refractivity contribution in [1.82, 2.24) is 10.2 Å². The third kappa shape index (κ3) is 4.84. The Morgan fingerprint density at radius 3 is 2.86 bits per heavy atom. The van der Waals surface area contributed by atoms with Crippen LogP contribution in [0.2, 0.25) is 0 Å². The lowest BCUT2D eigenvalue weighted by molar-refractivity contribution is -0.126. The number of primary amides is 1. The van der Waals surface area contributed by atoms with Gasteiger partial charge in [0.2, 0.25) is 11.8 Å². The molecule has 2 rings (SSSR count). The third-order valence-electron chi connectivity index (χ3n) is 4.25. The molecule has 1 aromatic carbocycles. The van der Waals surface area contributed by atoms with E-state index in [1.165, 1.54) is 11.1 Å². The van der Waals surface area contributed by atoms with Crippen LogP contribution in [0, 0.1) is 12.8 Å². The fourth-order valence-corrected chi connectivity index (χ4v) is 2.92. The Bertz CT molecular complexity index is 530. The average Bonchev–Trinajstić information content (AvgIpc) is 2.49. The van der Waals surface area contributed by atoms with Gasteiger partial charge < -0.3 is 11.1 Å². The third-order valence-corrected chi connectivity index (χ3v) is 4.25. The number of benzene rings is 1. The molecule has 0 bridgehead atoms. The highest BCUT2D eigenvalue weighted by atomic mass is 16.2. The van der Waals surface area contributed by atoms with Crippen molar-refractivity contribution in [2.75, 3.05) is 26.2 Å². The smallest absolute Gasteiger partial charge is 0.234 e. The second-order valence-electron chi connectivity index (χ2n) is 6.00. The number of aryl methyl sites for hydroxylation is 1. The number of hydrogen-bond acceptors (Lipinski definition) is 3. The Morgan fingerprint density at radius 2 is 2.14 bits per heavy atom. The highest BCUT2D eigenvalue weighted by molar-refractivity contribution is 5.79. The summed E-state index contributed by atoms with van der Waals surface area (Å²) in [6.45, 7) is 4.51. The Balaban J connectivity index is 1.72. The summed E-state index contributed by atoms with van der Waals surface area (Å²) in [5.74, 6) is -0.364. The molecule has 1 aliphatic heterocycles. The van der Waals surface area contributed by atoms with Gasteiger partial charge in [0.25, 0.3) is 0 Å². The summed E-state index contributed by atoms with van der Waals surface area (Å²) in [5.41, 5.74) is 7.86. The van der Waals surface area contributed by atoms with Gasteiger partial charge in [-0.3, -0.25) is 14.5 Å². The first-order chi connectivity index (χ1) is 10.6. The van der Waals surface area contributed by atoms with Gasteiger partial charge in [0.15, 0.2) is 0 Å². The number of nitrogens with one attached hydrogen (secondary N) is 1. The maximum Gasteiger partial charge on any atom is 0.234 e. The van der Waals surface area contributed by atoms with Crippen LogP contribution in [0.3, 0.4) is 0 Å². The minimum atomic E-state index is -0.260. The van der Waals surface area contributed by atoms with Gasteiger partial charge in [-0.1, -0.05) is 24.3 Å². The first-order valence-corrected chi connectivity index (χ1v) is 7.89. The summed E-state index contributed by atoms with van der Waals surface area (Å²) >= 11 is 0. The Hall–Kier alpha value is -1.88. The zero-order chi connectivity index (χ0) is 15.9. The molecule has 5 nitrogen and oxygen atoms in total.